The summed E-state index contributed by atoms with van der Waals surface area (Å²) in [5.74, 6) is -5.40. The molecule has 144 valence electrons. The van der Waals surface area contributed by atoms with E-state index < -0.39 is 28.9 Å². The topological polar surface area (TPSA) is 44.4 Å². The van der Waals surface area contributed by atoms with Crippen molar-refractivity contribution in [2.24, 2.45) is 0 Å². The van der Waals surface area contributed by atoms with E-state index in [1.165, 1.54) is 0 Å². The van der Waals surface area contributed by atoms with Crippen LogP contribution in [0.25, 0.3) is 0 Å². The molecule has 0 fully saturated rings. The van der Waals surface area contributed by atoms with Crippen molar-refractivity contribution in [1.29, 1.82) is 0 Å². The zero-order valence-corrected chi connectivity index (χ0v) is 15.3. The molecule has 0 atom stereocenters. The molecule has 4 nitrogen and oxygen atoms in total. The quantitative estimate of drug-likeness (QED) is 0.596. The van der Waals surface area contributed by atoms with E-state index >= 15 is 0 Å². The predicted octanol–water partition coefficient (Wildman–Crippen LogP) is 5.17. The lowest BCUT2D eigenvalue weighted by Crippen LogP contribution is -2.15. The van der Waals surface area contributed by atoms with Crippen LogP contribution in [0, 0.1) is 17.5 Å². The molecular formula is C21H18F3N3O. The fourth-order valence-corrected chi connectivity index (χ4v) is 2.55. The number of hydrogen-bond acceptors (Lipinski definition) is 3. The summed E-state index contributed by atoms with van der Waals surface area (Å²) in [5, 5.41) is 5.68. The zero-order valence-electron chi connectivity index (χ0n) is 15.3. The Hall–Kier alpha value is -3.48. The summed E-state index contributed by atoms with van der Waals surface area (Å²) in [4.78, 5) is 14.1. The Balaban J connectivity index is 1.67. The molecule has 0 saturated heterocycles. The molecule has 0 aliphatic carbocycles. The molecule has 0 radical (unpaired) electrons. The summed E-state index contributed by atoms with van der Waals surface area (Å²) in [6, 6.07) is 16.2. The number of halogens is 3. The van der Waals surface area contributed by atoms with E-state index in [9.17, 15) is 18.0 Å². The highest BCUT2D eigenvalue weighted by molar-refractivity contribution is 6.04. The molecule has 0 saturated carbocycles. The van der Waals surface area contributed by atoms with Gasteiger partial charge in [-0.2, -0.15) is 0 Å². The van der Waals surface area contributed by atoms with Crippen LogP contribution in [0.1, 0.15) is 10.4 Å². The van der Waals surface area contributed by atoms with Gasteiger partial charge in [-0.3, -0.25) is 4.79 Å². The van der Waals surface area contributed by atoms with Gasteiger partial charge in [0, 0.05) is 36.8 Å². The van der Waals surface area contributed by atoms with Gasteiger partial charge in [-0.25, -0.2) is 13.2 Å². The fraction of sp³-hybridized carbons (Fsp3) is 0.0952. The van der Waals surface area contributed by atoms with E-state index in [-0.39, 0.29) is 0 Å². The van der Waals surface area contributed by atoms with Crippen molar-refractivity contribution in [2.45, 2.75) is 0 Å². The SMILES string of the molecule is CN(C)c1ccc(Nc2ccc(NC(=O)c3ccc(F)c(F)c3F)cc2)cc1. The summed E-state index contributed by atoms with van der Waals surface area (Å²) < 4.78 is 40.0. The van der Waals surface area contributed by atoms with Gasteiger partial charge in [0.2, 0.25) is 0 Å². The highest BCUT2D eigenvalue weighted by Gasteiger charge is 2.18. The molecule has 3 aromatic carbocycles. The van der Waals surface area contributed by atoms with Gasteiger partial charge in [-0.1, -0.05) is 0 Å². The third-order valence-electron chi connectivity index (χ3n) is 4.09. The van der Waals surface area contributed by atoms with Gasteiger partial charge < -0.3 is 15.5 Å². The minimum Gasteiger partial charge on any atom is -0.378 e. The van der Waals surface area contributed by atoms with Crippen molar-refractivity contribution in [3.63, 3.8) is 0 Å². The molecule has 0 aliphatic heterocycles. The second-order valence-corrected chi connectivity index (χ2v) is 6.32. The highest BCUT2D eigenvalue weighted by atomic mass is 19.2. The van der Waals surface area contributed by atoms with E-state index in [1.807, 2.05) is 43.3 Å². The summed E-state index contributed by atoms with van der Waals surface area (Å²) in [5.41, 5.74) is 2.58. The van der Waals surface area contributed by atoms with E-state index in [1.54, 1.807) is 24.3 Å². The van der Waals surface area contributed by atoms with Crippen LogP contribution < -0.4 is 15.5 Å². The lowest BCUT2D eigenvalue weighted by atomic mass is 10.1. The van der Waals surface area contributed by atoms with Crippen LogP contribution in [0.2, 0.25) is 0 Å². The molecule has 28 heavy (non-hydrogen) atoms. The number of hydrogen-bond donors (Lipinski definition) is 2. The maximum Gasteiger partial charge on any atom is 0.258 e. The number of rotatable bonds is 5. The first kappa shape index (κ1) is 19.3. The molecule has 3 aromatic rings. The van der Waals surface area contributed by atoms with Gasteiger partial charge in [0.05, 0.1) is 5.56 Å². The van der Waals surface area contributed by atoms with E-state index in [2.05, 4.69) is 10.6 Å². The molecule has 3 rings (SSSR count). The van der Waals surface area contributed by atoms with Crippen molar-refractivity contribution in [1.82, 2.24) is 0 Å². The largest absolute Gasteiger partial charge is 0.378 e. The van der Waals surface area contributed by atoms with Gasteiger partial charge in [-0.15, -0.1) is 0 Å². The molecule has 1 amide bonds. The van der Waals surface area contributed by atoms with Crippen molar-refractivity contribution >= 4 is 28.7 Å². The minimum absolute atomic E-state index is 0.391. The number of anilines is 4. The lowest BCUT2D eigenvalue weighted by Gasteiger charge is -2.13. The maximum atomic E-state index is 13.7. The molecule has 0 aliphatic rings. The average Bonchev–Trinajstić information content (AvgIpc) is 2.68. The summed E-state index contributed by atoms with van der Waals surface area (Å²) >= 11 is 0. The van der Waals surface area contributed by atoms with Crippen LogP contribution in [0.3, 0.4) is 0 Å². The fourth-order valence-electron chi connectivity index (χ4n) is 2.55. The Bertz CT molecular complexity index is 987. The summed E-state index contributed by atoms with van der Waals surface area (Å²) in [6.07, 6.45) is 0. The molecule has 0 heterocycles. The predicted molar refractivity (Wildman–Crippen MR) is 105 cm³/mol. The highest BCUT2D eigenvalue weighted by Crippen LogP contribution is 2.22. The Morgan fingerprint density at radius 2 is 1.29 bits per heavy atom. The van der Waals surface area contributed by atoms with Crippen LogP contribution in [0.15, 0.2) is 60.7 Å². The number of carbonyl (C=O) groups excluding carboxylic acids is 1. The van der Waals surface area contributed by atoms with E-state index in [0.717, 1.165) is 23.1 Å². The molecule has 0 unspecified atom stereocenters. The van der Waals surface area contributed by atoms with Crippen molar-refractivity contribution in [2.75, 3.05) is 29.6 Å². The second kappa shape index (κ2) is 8.04. The van der Waals surface area contributed by atoms with Crippen molar-refractivity contribution in [3.05, 3.63) is 83.7 Å². The van der Waals surface area contributed by atoms with E-state index in [0.29, 0.717) is 11.8 Å². The first-order valence-corrected chi connectivity index (χ1v) is 8.44. The van der Waals surface area contributed by atoms with Gasteiger partial charge in [-0.05, 0) is 60.7 Å². The molecule has 7 heteroatoms. The van der Waals surface area contributed by atoms with Crippen LogP contribution in [0.5, 0.6) is 0 Å². The number of amides is 1. The van der Waals surface area contributed by atoms with E-state index in [4.69, 9.17) is 0 Å². The molecule has 0 spiro atoms. The maximum absolute atomic E-state index is 13.7. The van der Waals surface area contributed by atoms with Gasteiger partial charge in [0.15, 0.2) is 17.5 Å². The normalized spacial score (nSPS) is 10.5. The number of nitrogens with zero attached hydrogens (tertiary/aromatic N) is 1. The van der Waals surface area contributed by atoms with Crippen LogP contribution in [-0.4, -0.2) is 20.0 Å². The van der Waals surface area contributed by atoms with Gasteiger partial charge in [0.25, 0.3) is 5.91 Å². The molecule has 0 aromatic heterocycles. The smallest absolute Gasteiger partial charge is 0.258 e. The van der Waals surface area contributed by atoms with Gasteiger partial charge >= 0.3 is 0 Å². The molecular weight excluding hydrogens is 367 g/mol. The number of nitrogens with one attached hydrogen (secondary N) is 2. The third kappa shape index (κ3) is 4.25. The molecule has 0 bridgehead atoms. The number of carbonyl (C=O) groups is 1. The minimum atomic E-state index is -1.67. The zero-order chi connectivity index (χ0) is 20.3. The van der Waals surface area contributed by atoms with Gasteiger partial charge in [0.1, 0.15) is 0 Å². The van der Waals surface area contributed by atoms with Crippen molar-refractivity contribution < 1.29 is 18.0 Å². The summed E-state index contributed by atoms with van der Waals surface area (Å²) in [6.45, 7) is 0. The van der Waals surface area contributed by atoms with Crippen LogP contribution in [-0.2, 0) is 0 Å². The average molecular weight is 385 g/mol. The van der Waals surface area contributed by atoms with Crippen LogP contribution in [0.4, 0.5) is 35.9 Å². The Labute approximate surface area is 160 Å². The first-order chi connectivity index (χ1) is 13.3. The second-order valence-electron chi connectivity index (χ2n) is 6.32. The van der Waals surface area contributed by atoms with Crippen molar-refractivity contribution in [3.8, 4) is 0 Å². The summed E-state index contributed by atoms with van der Waals surface area (Å²) in [7, 11) is 3.92. The Kier molecular flexibility index (Phi) is 5.54. The molecule has 2 N–H and O–H groups in total. The standard InChI is InChI=1S/C21H18F3N3O/c1-27(2)16-9-7-14(8-10-16)25-13-3-5-15(6-4-13)26-21(28)17-11-12-18(22)20(24)19(17)23/h3-12,25H,1-2H3,(H,26,28). The Morgan fingerprint density at radius 1 is 0.750 bits per heavy atom. The first-order valence-electron chi connectivity index (χ1n) is 8.44. The number of benzene rings is 3. The Morgan fingerprint density at radius 3 is 1.86 bits per heavy atom. The third-order valence-corrected chi connectivity index (χ3v) is 4.09. The lowest BCUT2D eigenvalue weighted by molar-refractivity contribution is 0.102. The van der Waals surface area contributed by atoms with Crippen LogP contribution >= 0.6 is 0 Å². The monoisotopic (exact) mass is 385 g/mol.